The average Bonchev–Trinajstić information content (AvgIpc) is 2.65. The topological polar surface area (TPSA) is 56.8 Å². The molecule has 2 aromatic carbocycles. The van der Waals surface area contributed by atoms with E-state index in [4.69, 9.17) is 14.2 Å². The molecule has 0 spiro atoms. The molecule has 0 aliphatic heterocycles. The Kier molecular flexibility index (Phi) is 7.80. The van der Waals surface area contributed by atoms with Crippen LogP contribution in [0.1, 0.15) is 31.7 Å². The van der Waals surface area contributed by atoms with Crippen molar-refractivity contribution >= 4 is 11.6 Å². The number of nitrogens with one attached hydrogen (secondary N) is 1. The first-order valence-electron chi connectivity index (χ1n) is 8.92. The second kappa shape index (κ2) is 10.3. The molecule has 0 atom stereocenters. The first-order chi connectivity index (χ1) is 12.6. The van der Waals surface area contributed by atoms with Crippen LogP contribution in [0.4, 0.5) is 5.69 Å². The molecule has 0 saturated heterocycles. The number of ether oxygens (including phenoxy) is 3. The first kappa shape index (κ1) is 19.6. The number of unbranched alkanes of at least 4 members (excludes halogenated alkanes) is 2. The number of aryl methyl sites for hydroxylation is 1. The van der Waals surface area contributed by atoms with Crippen molar-refractivity contribution in [3.8, 4) is 17.2 Å². The van der Waals surface area contributed by atoms with Gasteiger partial charge in [0.05, 0.1) is 19.4 Å². The van der Waals surface area contributed by atoms with Gasteiger partial charge in [-0.25, -0.2) is 0 Å². The van der Waals surface area contributed by atoms with Crippen LogP contribution in [0.2, 0.25) is 0 Å². The maximum Gasteiger partial charge on any atom is 0.262 e. The highest BCUT2D eigenvalue weighted by Crippen LogP contribution is 2.25. The van der Waals surface area contributed by atoms with Gasteiger partial charge >= 0.3 is 0 Å². The number of rotatable bonds is 10. The van der Waals surface area contributed by atoms with Gasteiger partial charge < -0.3 is 19.5 Å². The minimum absolute atomic E-state index is 0.0756. The predicted molar refractivity (Wildman–Crippen MR) is 103 cm³/mol. The van der Waals surface area contributed by atoms with E-state index in [9.17, 15) is 4.79 Å². The fourth-order valence-electron chi connectivity index (χ4n) is 2.43. The smallest absolute Gasteiger partial charge is 0.262 e. The Labute approximate surface area is 155 Å². The molecule has 1 amide bonds. The molecule has 0 saturated carbocycles. The monoisotopic (exact) mass is 357 g/mol. The first-order valence-corrected chi connectivity index (χ1v) is 8.92. The van der Waals surface area contributed by atoms with Gasteiger partial charge in [-0.2, -0.15) is 0 Å². The van der Waals surface area contributed by atoms with Gasteiger partial charge in [-0.3, -0.25) is 4.79 Å². The summed E-state index contributed by atoms with van der Waals surface area (Å²) < 4.78 is 16.4. The van der Waals surface area contributed by atoms with E-state index in [2.05, 4.69) is 12.2 Å². The second-order valence-electron chi connectivity index (χ2n) is 6.07. The molecule has 2 aromatic rings. The van der Waals surface area contributed by atoms with Gasteiger partial charge in [0.15, 0.2) is 6.61 Å². The number of benzene rings is 2. The number of carbonyl (C=O) groups excluding carboxylic acids is 1. The molecular weight excluding hydrogens is 330 g/mol. The van der Waals surface area contributed by atoms with E-state index in [0.29, 0.717) is 17.2 Å². The Hall–Kier alpha value is -2.69. The molecular formula is C21H27NO4. The molecule has 0 radical (unpaired) electrons. The lowest BCUT2D eigenvalue weighted by molar-refractivity contribution is -0.118. The van der Waals surface area contributed by atoms with Crippen molar-refractivity contribution in [1.82, 2.24) is 0 Å². The van der Waals surface area contributed by atoms with Crippen molar-refractivity contribution in [1.29, 1.82) is 0 Å². The van der Waals surface area contributed by atoms with E-state index in [1.54, 1.807) is 19.2 Å². The van der Waals surface area contributed by atoms with Gasteiger partial charge in [0.1, 0.15) is 17.2 Å². The van der Waals surface area contributed by atoms with Crippen LogP contribution in [0.15, 0.2) is 42.5 Å². The minimum atomic E-state index is -0.242. The summed E-state index contributed by atoms with van der Waals surface area (Å²) in [5.41, 5.74) is 1.67. The maximum absolute atomic E-state index is 12.1. The lowest BCUT2D eigenvalue weighted by Crippen LogP contribution is -2.20. The molecule has 0 aromatic heterocycles. The van der Waals surface area contributed by atoms with Crippen LogP contribution < -0.4 is 19.5 Å². The molecule has 26 heavy (non-hydrogen) atoms. The summed E-state index contributed by atoms with van der Waals surface area (Å²) in [6.45, 7) is 4.76. The van der Waals surface area contributed by atoms with Gasteiger partial charge in [0.2, 0.25) is 0 Å². The number of hydrogen-bond acceptors (Lipinski definition) is 4. The van der Waals surface area contributed by atoms with Crippen molar-refractivity contribution in [3.63, 3.8) is 0 Å². The fourth-order valence-corrected chi connectivity index (χ4v) is 2.43. The molecule has 0 aliphatic carbocycles. The zero-order chi connectivity index (χ0) is 18.8. The minimum Gasteiger partial charge on any atom is -0.495 e. The van der Waals surface area contributed by atoms with Crippen LogP contribution in [0.5, 0.6) is 17.2 Å². The van der Waals surface area contributed by atoms with E-state index in [-0.39, 0.29) is 12.5 Å². The van der Waals surface area contributed by atoms with E-state index in [1.807, 2.05) is 37.3 Å². The highest BCUT2D eigenvalue weighted by molar-refractivity contribution is 5.93. The van der Waals surface area contributed by atoms with Gasteiger partial charge in [0, 0.05) is 0 Å². The van der Waals surface area contributed by atoms with Crippen LogP contribution in [0.25, 0.3) is 0 Å². The molecule has 0 aliphatic rings. The SMILES string of the molecule is CCCCCOc1ccc(OCC(=O)Nc2cc(C)ccc2OC)cc1. The van der Waals surface area contributed by atoms with Gasteiger partial charge in [0.25, 0.3) is 5.91 Å². The molecule has 5 nitrogen and oxygen atoms in total. The number of carbonyl (C=O) groups is 1. The van der Waals surface area contributed by atoms with Crippen LogP contribution in [-0.4, -0.2) is 26.2 Å². The summed E-state index contributed by atoms with van der Waals surface area (Å²) in [4.78, 5) is 12.1. The zero-order valence-corrected chi connectivity index (χ0v) is 15.7. The summed E-state index contributed by atoms with van der Waals surface area (Å²) in [5.74, 6) is 1.81. The largest absolute Gasteiger partial charge is 0.495 e. The lowest BCUT2D eigenvalue weighted by atomic mass is 10.2. The van der Waals surface area contributed by atoms with Crippen LogP contribution in [0.3, 0.4) is 0 Å². The third kappa shape index (κ3) is 6.31. The third-order valence-corrected chi connectivity index (χ3v) is 3.84. The van der Waals surface area contributed by atoms with E-state index in [1.165, 1.54) is 12.8 Å². The summed E-state index contributed by atoms with van der Waals surface area (Å²) >= 11 is 0. The molecule has 0 unspecified atom stereocenters. The lowest BCUT2D eigenvalue weighted by Gasteiger charge is -2.12. The Balaban J connectivity index is 1.81. The number of amides is 1. The quantitative estimate of drug-likeness (QED) is 0.632. The van der Waals surface area contributed by atoms with Gasteiger partial charge in [-0.05, 0) is 55.3 Å². The summed E-state index contributed by atoms with van der Waals surface area (Å²) in [6.07, 6.45) is 3.39. The highest BCUT2D eigenvalue weighted by atomic mass is 16.5. The summed E-state index contributed by atoms with van der Waals surface area (Å²) in [6, 6.07) is 12.9. The van der Waals surface area contributed by atoms with E-state index >= 15 is 0 Å². The van der Waals surface area contributed by atoms with E-state index < -0.39 is 0 Å². The Morgan fingerprint density at radius 2 is 1.69 bits per heavy atom. The van der Waals surface area contributed by atoms with Crippen LogP contribution in [-0.2, 0) is 4.79 Å². The average molecular weight is 357 g/mol. The molecule has 2 rings (SSSR count). The summed E-state index contributed by atoms with van der Waals surface area (Å²) in [7, 11) is 1.57. The molecule has 140 valence electrons. The molecule has 0 fully saturated rings. The predicted octanol–water partition coefficient (Wildman–Crippen LogP) is 4.59. The van der Waals surface area contributed by atoms with Crippen molar-refractivity contribution in [2.24, 2.45) is 0 Å². The molecule has 1 N–H and O–H groups in total. The second-order valence-corrected chi connectivity index (χ2v) is 6.07. The Morgan fingerprint density at radius 3 is 2.35 bits per heavy atom. The number of methoxy groups -OCH3 is 1. The number of anilines is 1. The standard InChI is InChI=1S/C21H27NO4/c1-4-5-6-13-25-17-8-10-18(11-9-17)26-15-21(23)22-19-14-16(2)7-12-20(19)24-3/h7-12,14H,4-6,13,15H2,1-3H3,(H,22,23). The highest BCUT2D eigenvalue weighted by Gasteiger charge is 2.09. The van der Waals surface area contributed by atoms with Gasteiger partial charge in [-0.15, -0.1) is 0 Å². The zero-order valence-electron chi connectivity index (χ0n) is 15.7. The number of hydrogen-bond donors (Lipinski definition) is 1. The van der Waals surface area contributed by atoms with Crippen molar-refractivity contribution in [2.45, 2.75) is 33.1 Å². The fraction of sp³-hybridized carbons (Fsp3) is 0.381. The van der Waals surface area contributed by atoms with Crippen molar-refractivity contribution in [2.75, 3.05) is 25.6 Å². The van der Waals surface area contributed by atoms with Gasteiger partial charge in [-0.1, -0.05) is 25.8 Å². The molecule has 5 heteroatoms. The van der Waals surface area contributed by atoms with Crippen molar-refractivity contribution in [3.05, 3.63) is 48.0 Å². The van der Waals surface area contributed by atoms with Crippen molar-refractivity contribution < 1.29 is 19.0 Å². The maximum atomic E-state index is 12.1. The van der Waals surface area contributed by atoms with Crippen LogP contribution >= 0.6 is 0 Å². The Morgan fingerprint density at radius 1 is 1.00 bits per heavy atom. The molecule has 0 bridgehead atoms. The normalized spacial score (nSPS) is 10.3. The van der Waals surface area contributed by atoms with Crippen LogP contribution in [0, 0.1) is 6.92 Å². The Bertz CT molecular complexity index is 698. The summed E-state index contributed by atoms with van der Waals surface area (Å²) in [5, 5.41) is 2.81. The van der Waals surface area contributed by atoms with E-state index in [0.717, 1.165) is 24.3 Å². The molecule has 0 heterocycles. The third-order valence-electron chi connectivity index (χ3n) is 3.84.